The highest BCUT2D eigenvalue weighted by Gasteiger charge is 2.45. The second-order valence-electron chi connectivity index (χ2n) is 7.49. The second kappa shape index (κ2) is 9.01. The molecule has 0 spiro atoms. The van der Waals surface area contributed by atoms with Crippen molar-refractivity contribution in [2.24, 2.45) is 0 Å². The van der Waals surface area contributed by atoms with Crippen LogP contribution in [-0.2, 0) is 11.2 Å². The molecule has 0 saturated carbocycles. The van der Waals surface area contributed by atoms with E-state index < -0.39 is 42.9 Å². The molecule has 1 aromatic heterocycles. The van der Waals surface area contributed by atoms with Crippen molar-refractivity contribution in [3.05, 3.63) is 72.2 Å². The van der Waals surface area contributed by atoms with Gasteiger partial charge in [-0.05, 0) is 30.5 Å². The maximum absolute atomic E-state index is 13.5. The largest absolute Gasteiger partial charge is 0.394 e. The summed E-state index contributed by atoms with van der Waals surface area (Å²) in [5.41, 5.74) is 2.06. The molecule has 158 valence electrons. The van der Waals surface area contributed by atoms with Gasteiger partial charge in [-0.15, -0.1) is 5.10 Å². The number of rotatable bonds is 6. The maximum atomic E-state index is 13.5. The molecule has 2 heterocycles. The molecule has 5 atom stereocenters. The molecule has 0 amide bonds. The number of aliphatic hydroxyl groups excluding tert-OH is 3. The van der Waals surface area contributed by atoms with Crippen LogP contribution in [0.3, 0.4) is 0 Å². The molecule has 1 saturated heterocycles. The van der Waals surface area contributed by atoms with Gasteiger partial charge in [-0.1, -0.05) is 47.7 Å². The predicted octanol–water partition coefficient (Wildman–Crippen LogP) is 1.74. The van der Waals surface area contributed by atoms with Crippen LogP contribution in [0.1, 0.15) is 18.0 Å². The van der Waals surface area contributed by atoms with Gasteiger partial charge in [0.2, 0.25) is 0 Å². The van der Waals surface area contributed by atoms with Gasteiger partial charge in [0.15, 0.2) is 0 Å². The Morgan fingerprint density at radius 3 is 2.50 bits per heavy atom. The molecular formula is C22H24FN3O4. The molecule has 8 heteroatoms. The number of aromatic nitrogens is 3. The zero-order valence-corrected chi connectivity index (χ0v) is 16.3. The molecule has 30 heavy (non-hydrogen) atoms. The van der Waals surface area contributed by atoms with E-state index in [-0.39, 0.29) is 0 Å². The average molecular weight is 413 g/mol. The number of aryl methyl sites for hydroxylation is 1. The van der Waals surface area contributed by atoms with Gasteiger partial charge in [-0.2, -0.15) is 0 Å². The molecule has 1 aliphatic rings. The van der Waals surface area contributed by atoms with Gasteiger partial charge in [0.1, 0.15) is 35.9 Å². The molecule has 3 aromatic rings. The number of hydrogen-bond acceptors (Lipinski definition) is 6. The Labute approximate surface area is 173 Å². The van der Waals surface area contributed by atoms with Crippen LogP contribution >= 0.6 is 0 Å². The van der Waals surface area contributed by atoms with Crippen molar-refractivity contribution in [3.63, 3.8) is 0 Å². The number of ether oxygens (including phenoxy) is 1. The third-order valence-corrected chi connectivity index (χ3v) is 5.49. The van der Waals surface area contributed by atoms with E-state index in [2.05, 4.69) is 10.3 Å². The molecule has 2 aromatic carbocycles. The van der Waals surface area contributed by atoms with E-state index in [1.807, 2.05) is 30.3 Å². The van der Waals surface area contributed by atoms with Crippen molar-refractivity contribution in [1.82, 2.24) is 15.0 Å². The quantitative estimate of drug-likeness (QED) is 0.569. The Kier molecular flexibility index (Phi) is 6.19. The van der Waals surface area contributed by atoms with Crippen LogP contribution in [0.4, 0.5) is 4.39 Å². The van der Waals surface area contributed by atoms with Crippen molar-refractivity contribution < 1.29 is 24.4 Å². The number of aliphatic hydroxyl groups is 3. The normalized spacial score (nSPS) is 26.6. The first kappa shape index (κ1) is 20.6. The molecule has 1 aliphatic heterocycles. The zero-order valence-electron chi connectivity index (χ0n) is 16.3. The third-order valence-electron chi connectivity index (χ3n) is 5.49. The molecule has 1 fully saturated rings. The van der Waals surface area contributed by atoms with Gasteiger partial charge in [-0.25, -0.2) is 9.07 Å². The van der Waals surface area contributed by atoms with Crippen LogP contribution in [0.15, 0.2) is 60.8 Å². The van der Waals surface area contributed by atoms with Crippen LogP contribution in [-0.4, -0.2) is 61.3 Å². The molecule has 0 aliphatic carbocycles. The zero-order chi connectivity index (χ0) is 21.1. The summed E-state index contributed by atoms with van der Waals surface area (Å²) < 4.78 is 20.7. The first-order chi connectivity index (χ1) is 14.6. The van der Waals surface area contributed by atoms with Crippen molar-refractivity contribution in [2.45, 2.75) is 43.3 Å². The first-order valence-electron chi connectivity index (χ1n) is 9.91. The van der Waals surface area contributed by atoms with E-state index in [0.29, 0.717) is 24.1 Å². The van der Waals surface area contributed by atoms with Crippen molar-refractivity contribution >= 4 is 0 Å². The number of halogens is 1. The Morgan fingerprint density at radius 2 is 1.77 bits per heavy atom. The lowest BCUT2D eigenvalue weighted by atomic mass is 9.90. The van der Waals surface area contributed by atoms with Gasteiger partial charge in [0.05, 0.1) is 18.9 Å². The minimum absolute atomic E-state index is 0.391. The van der Waals surface area contributed by atoms with Crippen molar-refractivity contribution in [2.75, 3.05) is 6.61 Å². The molecular weight excluding hydrogens is 389 g/mol. The first-order valence-corrected chi connectivity index (χ1v) is 9.91. The summed E-state index contributed by atoms with van der Waals surface area (Å²) >= 11 is 0. The van der Waals surface area contributed by atoms with Crippen LogP contribution in [0.2, 0.25) is 0 Å². The summed E-state index contributed by atoms with van der Waals surface area (Å²) in [5.74, 6) is -0.394. The van der Waals surface area contributed by atoms with Gasteiger partial charge in [0, 0.05) is 5.56 Å². The Balaban J connectivity index is 1.56. The summed E-state index contributed by atoms with van der Waals surface area (Å²) in [6.45, 7) is -0.391. The summed E-state index contributed by atoms with van der Waals surface area (Å²) in [6, 6.07) is 14.9. The van der Waals surface area contributed by atoms with E-state index in [4.69, 9.17) is 4.74 Å². The topological polar surface area (TPSA) is 101 Å². The van der Waals surface area contributed by atoms with Gasteiger partial charge >= 0.3 is 0 Å². The molecule has 3 N–H and O–H groups in total. The van der Waals surface area contributed by atoms with E-state index in [1.54, 1.807) is 18.3 Å². The molecule has 3 unspecified atom stereocenters. The lowest BCUT2D eigenvalue weighted by Gasteiger charge is -2.42. The lowest BCUT2D eigenvalue weighted by Crippen LogP contribution is -2.56. The van der Waals surface area contributed by atoms with Crippen LogP contribution < -0.4 is 0 Å². The average Bonchev–Trinajstić information content (AvgIpc) is 3.24. The van der Waals surface area contributed by atoms with Gasteiger partial charge in [0.25, 0.3) is 0 Å². The lowest BCUT2D eigenvalue weighted by molar-refractivity contribution is -0.206. The van der Waals surface area contributed by atoms with Crippen LogP contribution in [0.25, 0.3) is 11.3 Å². The Hall–Kier alpha value is -2.65. The minimum atomic E-state index is -1.18. The third kappa shape index (κ3) is 4.27. The fourth-order valence-corrected chi connectivity index (χ4v) is 3.89. The fraction of sp³-hybridized carbons (Fsp3) is 0.364. The molecule has 0 radical (unpaired) electrons. The van der Waals surface area contributed by atoms with Gasteiger partial charge < -0.3 is 20.1 Å². The predicted molar refractivity (Wildman–Crippen MR) is 107 cm³/mol. The Morgan fingerprint density at radius 1 is 1.00 bits per heavy atom. The minimum Gasteiger partial charge on any atom is -0.394 e. The molecule has 0 bridgehead atoms. The smallest absolute Gasteiger partial charge is 0.123 e. The van der Waals surface area contributed by atoms with Crippen molar-refractivity contribution in [3.8, 4) is 11.3 Å². The monoisotopic (exact) mass is 413 g/mol. The van der Waals surface area contributed by atoms with Gasteiger partial charge in [-0.3, -0.25) is 0 Å². The molecule has 7 nitrogen and oxygen atoms in total. The summed E-state index contributed by atoms with van der Waals surface area (Å²) in [6.07, 6.45) is -0.960. The maximum Gasteiger partial charge on any atom is 0.123 e. The van der Waals surface area contributed by atoms with Crippen LogP contribution in [0.5, 0.6) is 0 Å². The van der Waals surface area contributed by atoms with Crippen LogP contribution in [0, 0.1) is 5.82 Å². The number of hydrogen-bond donors (Lipinski definition) is 3. The van der Waals surface area contributed by atoms with E-state index >= 15 is 0 Å². The SMILES string of the molecule is OCC1OC(CCc2ccccc2)C(O)[C@@H](n2cc(-c3cccc(F)c3)nn2)[C@H]1O. The Bertz CT molecular complexity index is 968. The summed E-state index contributed by atoms with van der Waals surface area (Å²) in [4.78, 5) is 0. The number of nitrogens with zero attached hydrogens (tertiary/aromatic N) is 3. The van der Waals surface area contributed by atoms with Crippen molar-refractivity contribution in [1.29, 1.82) is 0 Å². The highest BCUT2D eigenvalue weighted by Crippen LogP contribution is 2.32. The molecule has 4 rings (SSSR count). The summed E-state index contributed by atoms with van der Waals surface area (Å²) in [7, 11) is 0. The second-order valence-corrected chi connectivity index (χ2v) is 7.49. The summed E-state index contributed by atoms with van der Waals surface area (Å²) in [5, 5.41) is 39.4. The standard InChI is InChI=1S/C22H24FN3O4/c23-16-8-4-7-15(11-16)17-12-26(25-24-17)20-21(28)18(30-19(13-27)22(20)29)10-9-14-5-2-1-3-6-14/h1-8,11-12,18-22,27-29H,9-10,13H2/t18?,19?,20-,21?,22+/m1/s1. The highest BCUT2D eigenvalue weighted by molar-refractivity contribution is 5.57. The van der Waals surface area contributed by atoms with E-state index in [9.17, 15) is 19.7 Å². The highest BCUT2D eigenvalue weighted by atomic mass is 19.1. The number of benzene rings is 2. The van der Waals surface area contributed by atoms with E-state index in [1.165, 1.54) is 16.8 Å². The fourth-order valence-electron chi connectivity index (χ4n) is 3.89. The van der Waals surface area contributed by atoms with E-state index in [0.717, 1.165) is 5.56 Å².